The molecule has 0 N–H and O–H groups in total. The van der Waals surface area contributed by atoms with Gasteiger partial charge in [0.15, 0.2) is 0 Å². The third-order valence-electron chi connectivity index (χ3n) is 5.66. The van der Waals surface area contributed by atoms with E-state index in [1.807, 2.05) is 0 Å². The van der Waals surface area contributed by atoms with Gasteiger partial charge in [-0.2, -0.15) is 0 Å². The molecule has 0 amide bonds. The molecule has 0 aliphatic carbocycles. The van der Waals surface area contributed by atoms with Gasteiger partial charge in [0.2, 0.25) is 0 Å². The quantitative estimate of drug-likeness (QED) is 0.745. The van der Waals surface area contributed by atoms with Crippen molar-refractivity contribution in [2.45, 2.75) is 38.6 Å². The standard InChI is InChI=1S/C23H32N2/c1-23(2,15-13-21-9-5-3-6-10-21)25-19-17-24(18-20-25)16-14-22-11-7-4-8-12-22/h3-12H,13-20H2,1-2H3. The molecule has 0 unspecified atom stereocenters. The molecule has 1 heterocycles. The fraction of sp³-hybridized carbons (Fsp3) is 0.478. The molecule has 134 valence electrons. The third kappa shape index (κ3) is 5.42. The van der Waals surface area contributed by atoms with Crippen LogP contribution in [0, 0.1) is 0 Å². The van der Waals surface area contributed by atoms with E-state index in [-0.39, 0.29) is 5.54 Å². The Kier molecular flexibility index (Phi) is 6.28. The van der Waals surface area contributed by atoms with Crippen molar-refractivity contribution in [3.05, 3.63) is 71.8 Å². The van der Waals surface area contributed by atoms with E-state index in [2.05, 4.69) is 84.3 Å². The third-order valence-corrected chi connectivity index (χ3v) is 5.66. The molecule has 1 aliphatic rings. The predicted molar refractivity (Wildman–Crippen MR) is 107 cm³/mol. The van der Waals surface area contributed by atoms with Crippen LogP contribution in [0.1, 0.15) is 31.4 Å². The van der Waals surface area contributed by atoms with E-state index >= 15 is 0 Å². The Morgan fingerprint density at radius 2 is 1.24 bits per heavy atom. The van der Waals surface area contributed by atoms with Gasteiger partial charge in [0.1, 0.15) is 0 Å². The molecule has 1 aliphatic heterocycles. The summed E-state index contributed by atoms with van der Waals surface area (Å²) in [5.74, 6) is 0. The zero-order valence-electron chi connectivity index (χ0n) is 15.8. The van der Waals surface area contributed by atoms with Crippen molar-refractivity contribution < 1.29 is 0 Å². The lowest BCUT2D eigenvalue weighted by Crippen LogP contribution is -2.55. The molecule has 2 nitrogen and oxygen atoms in total. The number of aryl methyl sites for hydroxylation is 1. The van der Waals surface area contributed by atoms with Crippen molar-refractivity contribution in [2.75, 3.05) is 32.7 Å². The lowest BCUT2D eigenvalue weighted by molar-refractivity contribution is 0.0479. The maximum atomic E-state index is 2.69. The normalized spacial score (nSPS) is 16.9. The maximum absolute atomic E-state index is 2.69. The smallest absolute Gasteiger partial charge is 0.0157 e. The average molecular weight is 337 g/mol. The molecule has 0 bridgehead atoms. The molecule has 0 atom stereocenters. The minimum Gasteiger partial charge on any atom is -0.300 e. The second-order valence-electron chi connectivity index (χ2n) is 7.86. The zero-order valence-corrected chi connectivity index (χ0v) is 15.8. The summed E-state index contributed by atoms with van der Waals surface area (Å²) in [7, 11) is 0. The van der Waals surface area contributed by atoms with E-state index in [1.165, 1.54) is 56.7 Å². The van der Waals surface area contributed by atoms with Crippen LogP contribution in [0.25, 0.3) is 0 Å². The van der Waals surface area contributed by atoms with E-state index in [4.69, 9.17) is 0 Å². The highest BCUT2D eigenvalue weighted by Crippen LogP contribution is 2.23. The van der Waals surface area contributed by atoms with E-state index in [1.54, 1.807) is 0 Å². The summed E-state index contributed by atoms with van der Waals surface area (Å²) in [4.78, 5) is 5.31. The first-order valence-electron chi connectivity index (χ1n) is 9.69. The van der Waals surface area contributed by atoms with Crippen molar-refractivity contribution in [3.63, 3.8) is 0 Å². The minimum atomic E-state index is 0.279. The molecule has 0 radical (unpaired) electrons. The summed E-state index contributed by atoms with van der Waals surface area (Å²) in [6, 6.07) is 21.7. The molecular weight excluding hydrogens is 304 g/mol. The van der Waals surface area contributed by atoms with Crippen molar-refractivity contribution in [2.24, 2.45) is 0 Å². The van der Waals surface area contributed by atoms with Crippen LogP contribution in [0.2, 0.25) is 0 Å². The lowest BCUT2D eigenvalue weighted by Gasteiger charge is -2.44. The summed E-state index contributed by atoms with van der Waals surface area (Å²) >= 11 is 0. The van der Waals surface area contributed by atoms with E-state index in [9.17, 15) is 0 Å². The predicted octanol–water partition coefficient (Wildman–Crippen LogP) is 4.26. The Balaban J connectivity index is 1.42. The fourth-order valence-corrected chi connectivity index (χ4v) is 3.76. The van der Waals surface area contributed by atoms with Crippen molar-refractivity contribution in [1.82, 2.24) is 9.80 Å². The van der Waals surface area contributed by atoms with Gasteiger partial charge in [0.05, 0.1) is 0 Å². The number of piperazine rings is 1. The first-order chi connectivity index (χ1) is 12.1. The van der Waals surface area contributed by atoms with Crippen molar-refractivity contribution in [3.8, 4) is 0 Å². The van der Waals surface area contributed by atoms with Gasteiger partial charge >= 0.3 is 0 Å². The zero-order chi connectivity index (χ0) is 17.5. The number of hydrogen-bond acceptors (Lipinski definition) is 2. The Morgan fingerprint density at radius 1 is 0.720 bits per heavy atom. The Labute approximate surface area is 153 Å². The van der Waals surface area contributed by atoms with Crippen LogP contribution >= 0.6 is 0 Å². The van der Waals surface area contributed by atoms with E-state index in [0.717, 1.165) is 6.42 Å². The van der Waals surface area contributed by atoms with Gasteiger partial charge in [-0.1, -0.05) is 60.7 Å². The molecule has 0 aromatic heterocycles. The van der Waals surface area contributed by atoms with Crippen LogP contribution in [0.3, 0.4) is 0 Å². The topological polar surface area (TPSA) is 6.48 Å². The largest absolute Gasteiger partial charge is 0.300 e. The molecule has 1 fully saturated rings. The van der Waals surface area contributed by atoms with E-state index in [0.29, 0.717) is 0 Å². The van der Waals surface area contributed by atoms with E-state index < -0.39 is 0 Å². The number of benzene rings is 2. The Morgan fingerprint density at radius 3 is 1.80 bits per heavy atom. The second-order valence-corrected chi connectivity index (χ2v) is 7.86. The summed E-state index contributed by atoms with van der Waals surface area (Å²) in [5.41, 5.74) is 3.19. The van der Waals surface area contributed by atoms with Crippen LogP contribution in [0.5, 0.6) is 0 Å². The fourth-order valence-electron chi connectivity index (χ4n) is 3.76. The van der Waals surface area contributed by atoms with Crippen LogP contribution in [-0.4, -0.2) is 48.1 Å². The molecule has 3 rings (SSSR count). The molecule has 0 spiro atoms. The molecule has 1 saturated heterocycles. The first-order valence-corrected chi connectivity index (χ1v) is 9.69. The molecule has 2 aromatic rings. The van der Waals surface area contributed by atoms with Gasteiger partial charge in [-0.25, -0.2) is 0 Å². The van der Waals surface area contributed by atoms with Crippen LogP contribution in [-0.2, 0) is 12.8 Å². The molecule has 2 heteroatoms. The van der Waals surface area contributed by atoms with Crippen LogP contribution < -0.4 is 0 Å². The van der Waals surface area contributed by atoms with Gasteiger partial charge < -0.3 is 4.90 Å². The highest BCUT2D eigenvalue weighted by molar-refractivity contribution is 5.16. The van der Waals surface area contributed by atoms with Gasteiger partial charge in [0, 0.05) is 38.3 Å². The average Bonchev–Trinajstić information content (AvgIpc) is 2.67. The molecule has 2 aromatic carbocycles. The maximum Gasteiger partial charge on any atom is 0.0157 e. The van der Waals surface area contributed by atoms with Gasteiger partial charge in [0.25, 0.3) is 0 Å². The number of hydrogen-bond donors (Lipinski definition) is 0. The Hall–Kier alpha value is -1.64. The van der Waals surface area contributed by atoms with Gasteiger partial charge in [-0.05, 0) is 44.2 Å². The number of nitrogens with zero attached hydrogens (tertiary/aromatic N) is 2. The minimum absolute atomic E-state index is 0.279. The molecular formula is C23H32N2. The highest BCUT2D eigenvalue weighted by Gasteiger charge is 2.29. The summed E-state index contributed by atoms with van der Waals surface area (Å²) in [5, 5.41) is 0. The number of rotatable bonds is 7. The van der Waals surface area contributed by atoms with Gasteiger partial charge in [-0.15, -0.1) is 0 Å². The van der Waals surface area contributed by atoms with Crippen molar-refractivity contribution in [1.29, 1.82) is 0 Å². The van der Waals surface area contributed by atoms with Crippen LogP contribution in [0.15, 0.2) is 60.7 Å². The SMILES string of the molecule is CC(C)(CCc1ccccc1)N1CCN(CCc2ccccc2)CC1. The van der Waals surface area contributed by atoms with Gasteiger partial charge in [-0.3, -0.25) is 4.90 Å². The first kappa shape index (κ1) is 18.2. The summed E-state index contributed by atoms with van der Waals surface area (Å²) < 4.78 is 0. The second kappa shape index (κ2) is 8.64. The lowest BCUT2D eigenvalue weighted by atomic mass is 9.92. The summed E-state index contributed by atoms with van der Waals surface area (Å²) in [6.45, 7) is 10.8. The monoisotopic (exact) mass is 336 g/mol. The van der Waals surface area contributed by atoms with Crippen molar-refractivity contribution >= 4 is 0 Å². The Bertz CT molecular complexity index is 613. The highest BCUT2D eigenvalue weighted by atomic mass is 15.3. The summed E-state index contributed by atoms with van der Waals surface area (Å²) in [6.07, 6.45) is 3.56. The molecule has 25 heavy (non-hydrogen) atoms. The van der Waals surface area contributed by atoms with Crippen LogP contribution in [0.4, 0.5) is 0 Å². The molecule has 0 saturated carbocycles.